The van der Waals surface area contributed by atoms with E-state index in [1.165, 1.54) is 24.2 Å². The van der Waals surface area contributed by atoms with Gasteiger partial charge in [-0.1, -0.05) is 25.7 Å². The molecule has 1 heterocycles. The van der Waals surface area contributed by atoms with Gasteiger partial charge in [0.25, 0.3) is 0 Å². The Morgan fingerprint density at radius 3 is 2.47 bits per heavy atom. The highest BCUT2D eigenvalue weighted by Crippen LogP contribution is 2.27. The summed E-state index contributed by atoms with van der Waals surface area (Å²) in [7, 11) is -1.64. The van der Waals surface area contributed by atoms with E-state index >= 15 is 0 Å². The topological polar surface area (TPSA) is 63.4 Å². The van der Waals surface area contributed by atoms with Gasteiger partial charge < -0.3 is 5.73 Å². The molecule has 1 aliphatic rings. The van der Waals surface area contributed by atoms with Crippen molar-refractivity contribution in [1.29, 1.82) is 0 Å². The molecule has 0 spiro atoms. The number of rotatable bonds is 4. The molecule has 1 saturated carbocycles. The minimum atomic E-state index is -3.36. The van der Waals surface area contributed by atoms with Crippen LogP contribution in [0.15, 0.2) is 16.3 Å². The van der Waals surface area contributed by atoms with Crippen LogP contribution in [-0.2, 0) is 16.6 Å². The van der Waals surface area contributed by atoms with Crippen molar-refractivity contribution in [1.82, 2.24) is 4.31 Å². The van der Waals surface area contributed by atoms with Crippen LogP contribution in [0.1, 0.15) is 43.4 Å². The summed E-state index contributed by atoms with van der Waals surface area (Å²) in [6.07, 6.45) is 6.65. The van der Waals surface area contributed by atoms with Crippen molar-refractivity contribution < 1.29 is 8.42 Å². The van der Waals surface area contributed by atoms with E-state index in [0.717, 1.165) is 30.6 Å². The van der Waals surface area contributed by atoms with Crippen LogP contribution >= 0.6 is 11.3 Å². The molecule has 19 heavy (non-hydrogen) atoms. The summed E-state index contributed by atoms with van der Waals surface area (Å²) < 4.78 is 26.7. The third-order valence-electron chi connectivity index (χ3n) is 3.85. The lowest BCUT2D eigenvalue weighted by Gasteiger charge is -2.25. The predicted molar refractivity (Wildman–Crippen MR) is 78.6 cm³/mol. The van der Waals surface area contributed by atoms with E-state index in [9.17, 15) is 8.42 Å². The molecule has 0 unspecified atom stereocenters. The van der Waals surface area contributed by atoms with Gasteiger partial charge in [-0.3, -0.25) is 0 Å². The molecular formula is C13H22N2O2S2. The van der Waals surface area contributed by atoms with Gasteiger partial charge in [-0.25, -0.2) is 8.42 Å². The van der Waals surface area contributed by atoms with E-state index in [1.807, 2.05) is 0 Å². The van der Waals surface area contributed by atoms with E-state index < -0.39 is 10.0 Å². The maximum absolute atomic E-state index is 12.6. The second-order valence-electron chi connectivity index (χ2n) is 5.12. The van der Waals surface area contributed by atoms with Crippen LogP contribution < -0.4 is 5.73 Å². The summed E-state index contributed by atoms with van der Waals surface area (Å²) >= 11 is 1.41. The van der Waals surface area contributed by atoms with Crippen LogP contribution in [0.4, 0.5) is 0 Å². The molecule has 0 aliphatic heterocycles. The Labute approximate surface area is 119 Å². The molecule has 0 bridgehead atoms. The van der Waals surface area contributed by atoms with Crippen LogP contribution in [-0.4, -0.2) is 25.8 Å². The van der Waals surface area contributed by atoms with E-state index in [0.29, 0.717) is 11.4 Å². The third kappa shape index (κ3) is 3.37. The minimum Gasteiger partial charge on any atom is -0.326 e. The average Bonchev–Trinajstić information content (AvgIpc) is 2.74. The molecule has 6 heteroatoms. The summed E-state index contributed by atoms with van der Waals surface area (Å²) in [5.41, 5.74) is 5.55. The smallest absolute Gasteiger partial charge is 0.243 e. The fraction of sp³-hybridized carbons (Fsp3) is 0.692. The largest absolute Gasteiger partial charge is 0.326 e. The maximum Gasteiger partial charge on any atom is 0.243 e. The van der Waals surface area contributed by atoms with Crippen molar-refractivity contribution in [3.63, 3.8) is 0 Å². The lowest BCUT2D eigenvalue weighted by molar-refractivity contribution is 0.336. The summed E-state index contributed by atoms with van der Waals surface area (Å²) in [4.78, 5) is 1.30. The molecular weight excluding hydrogens is 280 g/mol. The van der Waals surface area contributed by atoms with Crippen LogP contribution in [0.3, 0.4) is 0 Å². The van der Waals surface area contributed by atoms with Gasteiger partial charge in [0.2, 0.25) is 10.0 Å². The Morgan fingerprint density at radius 2 is 1.95 bits per heavy atom. The monoisotopic (exact) mass is 302 g/mol. The van der Waals surface area contributed by atoms with Gasteiger partial charge in [-0.15, -0.1) is 11.3 Å². The zero-order chi connectivity index (χ0) is 13.9. The Kier molecular flexibility index (Phi) is 5.00. The van der Waals surface area contributed by atoms with Gasteiger partial charge in [0, 0.05) is 29.9 Å². The lowest BCUT2D eigenvalue weighted by atomic mass is 10.1. The van der Waals surface area contributed by atoms with Crippen molar-refractivity contribution in [3.8, 4) is 0 Å². The molecule has 1 aliphatic carbocycles. The predicted octanol–water partition coefficient (Wildman–Crippen LogP) is 2.55. The van der Waals surface area contributed by atoms with Crippen LogP contribution in [0, 0.1) is 0 Å². The van der Waals surface area contributed by atoms with E-state index in [1.54, 1.807) is 22.8 Å². The summed E-state index contributed by atoms with van der Waals surface area (Å²) in [6, 6.07) is 1.85. The van der Waals surface area contributed by atoms with Gasteiger partial charge in [0.1, 0.15) is 0 Å². The number of nitrogens with zero attached hydrogens (tertiary/aromatic N) is 1. The Bertz CT molecular complexity index is 502. The zero-order valence-electron chi connectivity index (χ0n) is 11.3. The highest BCUT2D eigenvalue weighted by molar-refractivity contribution is 7.89. The zero-order valence-corrected chi connectivity index (χ0v) is 13.0. The summed E-state index contributed by atoms with van der Waals surface area (Å²) in [5.74, 6) is 0. The first-order valence-corrected chi connectivity index (χ1v) is 9.13. The van der Waals surface area contributed by atoms with Crippen molar-refractivity contribution in [2.45, 2.75) is 56.0 Å². The first-order chi connectivity index (χ1) is 9.05. The molecule has 0 amide bonds. The van der Waals surface area contributed by atoms with Crippen LogP contribution in [0.5, 0.6) is 0 Å². The van der Waals surface area contributed by atoms with Crippen LogP contribution in [0.25, 0.3) is 0 Å². The highest BCUT2D eigenvalue weighted by atomic mass is 32.2. The maximum atomic E-state index is 12.6. The molecule has 2 N–H and O–H groups in total. The average molecular weight is 302 g/mol. The standard InChI is InChI=1S/C13H22N2O2S2/c1-15(11-6-4-2-3-5-7-11)19(16,17)13-8-12(9-14)18-10-13/h8,10-11H,2-7,9,14H2,1H3. The number of thiophene rings is 1. The normalized spacial score (nSPS) is 18.7. The van der Waals surface area contributed by atoms with Crippen molar-refractivity contribution >= 4 is 21.4 Å². The fourth-order valence-electron chi connectivity index (χ4n) is 2.59. The van der Waals surface area contributed by atoms with Gasteiger partial charge in [-0.2, -0.15) is 4.31 Å². The van der Waals surface area contributed by atoms with Crippen molar-refractivity contribution in [3.05, 3.63) is 16.3 Å². The highest BCUT2D eigenvalue weighted by Gasteiger charge is 2.29. The minimum absolute atomic E-state index is 0.147. The van der Waals surface area contributed by atoms with Gasteiger partial charge in [0.15, 0.2) is 0 Å². The molecule has 108 valence electrons. The first kappa shape index (κ1) is 15.0. The number of nitrogens with two attached hydrogens (primary N) is 1. The molecule has 0 radical (unpaired) electrons. The summed E-state index contributed by atoms with van der Waals surface area (Å²) in [6.45, 7) is 0.396. The fourth-order valence-corrected chi connectivity index (χ4v) is 5.15. The number of hydrogen-bond acceptors (Lipinski definition) is 4. The summed E-state index contributed by atoms with van der Waals surface area (Å²) in [5, 5.41) is 1.70. The van der Waals surface area contributed by atoms with Crippen molar-refractivity contribution in [2.24, 2.45) is 5.73 Å². The number of sulfonamides is 1. The molecule has 4 nitrogen and oxygen atoms in total. The van der Waals surface area contributed by atoms with E-state index in [-0.39, 0.29) is 6.04 Å². The van der Waals surface area contributed by atoms with Crippen LogP contribution in [0.2, 0.25) is 0 Å². The molecule has 1 aromatic rings. The quantitative estimate of drug-likeness (QED) is 0.869. The van der Waals surface area contributed by atoms with Gasteiger partial charge in [0.05, 0.1) is 4.90 Å². The molecule has 2 rings (SSSR count). The second kappa shape index (κ2) is 6.35. The van der Waals surface area contributed by atoms with Crippen molar-refractivity contribution in [2.75, 3.05) is 7.05 Å². The molecule has 1 fully saturated rings. The third-order valence-corrected chi connectivity index (χ3v) is 6.84. The molecule has 0 atom stereocenters. The SMILES string of the molecule is CN(C1CCCCCC1)S(=O)(=O)c1csc(CN)c1. The molecule has 0 saturated heterocycles. The lowest BCUT2D eigenvalue weighted by Crippen LogP contribution is -2.36. The second-order valence-corrected chi connectivity index (χ2v) is 8.11. The Balaban J connectivity index is 2.17. The number of hydrogen-bond donors (Lipinski definition) is 1. The van der Waals surface area contributed by atoms with Gasteiger partial charge >= 0.3 is 0 Å². The first-order valence-electron chi connectivity index (χ1n) is 6.81. The molecule has 1 aromatic heterocycles. The Hall–Kier alpha value is -0.430. The van der Waals surface area contributed by atoms with Gasteiger partial charge in [-0.05, 0) is 18.9 Å². The molecule has 0 aromatic carbocycles. The van der Waals surface area contributed by atoms with E-state index in [4.69, 9.17) is 5.73 Å². The van der Waals surface area contributed by atoms with E-state index in [2.05, 4.69) is 0 Å². The Morgan fingerprint density at radius 1 is 1.32 bits per heavy atom.